The van der Waals surface area contributed by atoms with E-state index in [4.69, 9.17) is 5.11 Å². The van der Waals surface area contributed by atoms with Gasteiger partial charge in [0.2, 0.25) is 11.8 Å². The fourth-order valence-electron chi connectivity index (χ4n) is 1.81. The van der Waals surface area contributed by atoms with Crippen LogP contribution in [0.1, 0.15) is 18.4 Å². The van der Waals surface area contributed by atoms with Gasteiger partial charge in [0, 0.05) is 0 Å². The zero-order valence-electron chi connectivity index (χ0n) is 12.2. The normalized spacial score (nSPS) is 11.3. The van der Waals surface area contributed by atoms with E-state index in [0.29, 0.717) is 6.42 Å². The van der Waals surface area contributed by atoms with Crippen LogP contribution in [0.25, 0.3) is 0 Å². The molecule has 0 aliphatic carbocycles. The molecule has 0 saturated carbocycles. The maximum Gasteiger partial charge on any atom is 0.326 e. The molecule has 0 aliphatic heterocycles. The number of rotatable bonds is 9. The molecular weight excluding hydrogens is 284 g/mol. The summed E-state index contributed by atoms with van der Waals surface area (Å²) in [6, 6.07) is 8.16. The molecule has 6 heteroatoms. The zero-order chi connectivity index (χ0) is 16.4. The van der Waals surface area contributed by atoms with Gasteiger partial charge < -0.3 is 15.7 Å². The van der Waals surface area contributed by atoms with Crippen molar-refractivity contribution >= 4 is 17.8 Å². The standard InChI is InChI=1S/C16H20N2O4/c1-2-3-9-13(16(21)22)18-15(20)11-17-14(19)10-12-7-5-4-6-8-12/h2,4-8,13H,1,3,9-11H2,(H,17,19)(H,18,20)(H,21,22). The van der Waals surface area contributed by atoms with Gasteiger partial charge in [-0.15, -0.1) is 6.58 Å². The summed E-state index contributed by atoms with van der Waals surface area (Å²) in [6.45, 7) is 3.26. The van der Waals surface area contributed by atoms with Crippen molar-refractivity contribution in [2.75, 3.05) is 6.54 Å². The lowest BCUT2D eigenvalue weighted by atomic mass is 10.1. The number of allylic oxidation sites excluding steroid dienone is 1. The number of carboxylic acids is 1. The largest absolute Gasteiger partial charge is 0.480 e. The van der Waals surface area contributed by atoms with Crippen molar-refractivity contribution in [1.29, 1.82) is 0 Å². The molecule has 2 amide bonds. The Kier molecular flexibility index (Phi) is 7.39. The number of hydrogen-bond acceptors (Lipinski definition) is 3. The van der Waals surface area contributed by atoms with Crippen LogP contribution in [0, 0.1) is 0 Å². The second-order valence-electron chi connectivity index (χ2n) is 4.76. The van der Waals surface area contributed by atoms with E-state index in [2.05, 4.69) is 17.2 Å². The molecule has 0 heterocycles. The number of aliphatic carboxylic acids is 1. The van der Waals surface area contributed by atoms with E-state index in [1.165, 1.54) is 0 Å². The Labute approximate surface area is 129 Å². The lowest BCUT2D eigenvalue weighted by Crippen LogP contribution is -2.45. The van der Waals surface area contributed by atoms with Crippen molar-refractivity contribution in [2.24, 2.45) is 0 Å². The lowest BCUT2D eigenvalue weighted by molar-refractivity contribution is -0.141. The minimum atomic E-state index is -1.11. The van der Waals surface area contributed by atoms with Crippen LogP contribution < -0.4 is 10.6 Å². The fourth-order valence-corrected chi connectivity index (χ4v) is 1.81. The molecule has 6 nitrogen and oxygen atoms in total. The summed E-state index contributed by atoms with van der Waals surface area (Å²) in [4.78, 5) is 34.3. The van der Waals surface area contributed by atoms with Crippen LogP contribution in [0.4, 0.5) is 0 Å². The third kappa shape index (κ3) is 6.69. The molecule has 1 aromatic rings. The van der Waals surface area contributed by atoms with Crippen molar-refractivity contribution in [2.45, 2.75) is 25.3 Å². The molecule has 1 rings (SSSR count). The number of carbonyl (C=O) groups excluding carboxylic acids is 2. The predicted octanol–water partition coefficient (Wildman–Crippen LogP) is 0.881. The second-order valence-corrected chi connectivity index (χ2v) is 4.76. The Bertz CT molecular complexity index is 528. The van der Waals surface area contributed by atoms with Crippen LogP contribution >= 0.6 is 0 Å². The van der Waals surface area contributed by atoms with Gasteiger partial charge in [0.05, 0.1) is 13.0 Å². The lowest BCUT2D eigenvalue weighted by Gasteiger charge is -2.14. The topological polar surface area (TPSA) is 95.5 Å². The van der Waals surface area contributed by atoms with Gasteiger partial charge >= 0.3 is 5.97 Å². The summed E-state index contributed by atoms with van der Waals surface area (Å²) in [5, 5.41) is 13.8. The summed E-state index contributed by atoms with van der Waals surface area (Å²) in [5.41, 5.74) is 0.842. The third-order valence-corrected chi connectivity index (χ3v) is 2.95. The predicted molar refractivity (Wildman–Crippen MR) is 82.2 cm³/mol. The molecule has 0 bridgehead atoms. The van der Waals surface area contributed by atoms with E-state index < -0.39 is 17.9 Å². The fraction of sp³-hybridized carbons (Fsp3) is 0.312. The summed E-state index contributed by atoms with van der Waals surface area (Å²) < 4.78 is 0. The van der Waals surface area contributed by atoms with Crippen LogP contribution in [0.15, 0.2) is 43.0 Å². The molecule has 0 saturated heterocycles. The number of nitrogens with one attached hydrogen (secondary N) is 2. The van der Waals surface area contributed by atoms with Gasteiger partial charge in [-0.2, -0.15) is 0 Å². The SMILES string of the molecule is C=CCCC(NC(=O)CNC(=O)Cc1ccccc1)C(=O)O. The Morgan fingerprint density at radius 1 is 1.18 bits per heavy atom. The molecule has 0 fully saturated rings. The first-order chi connectivity index (χ1) is 10.5. The van der Waals surface area contributed by atoms with Crippen LogP contribution in [-0.4, -0.2) is 35.5 Å². The zero-order valence-corrected chi connectivity index (χ0v) is 12.2. The summed E-state index contributed by atoms with van der Waals surface area (Å²) in [5.74, 6) is -1.93. The number of benzene rings is 1. The minimum absolute atomic E-state index is 0.174. The van der Waals surface area contributed by atoms with Crippen molar-refractivity contribution in [3.63, 3.8) is 0 Å². The molecule has 0 aromatic heterocycles. The molecule has 1 aromatic carbocycles. The number of carbonyl (C=O) groups is 3. The Morgan fingerprint density at radius 3 is 2.45 bits per heavy atom. The van der Waals surface area contributed by atoms with Crippen LogP contribution in [0.3, 0.4) is 0 Å². The average Bonchev–Trinajstić information content (AvgIpc) is 2.50. The van der Waals surface area contributed by atoms with Crippen molar-refractivity contribution in [3.05, 3.63) is 48.6 Å². The number of hydrogen-bond donors (Lipinski definition) is 3. The van der Waals surface area contributed by atoms with Gasteiger partial charge in [-0.25, -0.2) is 4.79 Å². The molecule has 0 spiro atoms. The minimum Gasteiger partial charge on any atom is -0.480 e. The molecule has 118 valence electrons. The third-order valence-electron chi connectivity index (χ3n) is 2.95. The maximum atomic E-state index is 11.7. The monoisotopic (exact) mass is 304 g/mol. The Hall–Kier alpha value is -2.63. The molecular formula is C16H20N2O4. The van der Waals surface area contributed by atoms with Gasteiger partial charge in [-0.1, -0.05) is 36.4 Å². The molecule has 1 unspecified atom stereocenters. The average molecular weight is 304 g/mol. The van der Waals surface area contributed by atoms with Gasteiger partial charge in [0.25, 0.3) is 0 Å². The summed E-state index contributed by atoms with van der Waals surface area (Å²) >= 11 is 0. The van der Waals surface area contributed by atoms with Gasteiger partial charge in [0.1, 0.15) is 6.04 Å². The highest BCUT2D eigenvalue weighted by atomic mass is 16.4. The van der Waals surface area contributed by atoms with E-state index in [0.717, 1.165) is 5.56 Å². The number of amides is 2. The van der Waals surface area contributed by atoms with E-state index >= 15 is 0 Å². The first kappa shape index (κ1) is 17.4. The van der Waals surface area contributed by atoms with Crippen molar-refractivity contribution < 1.29 is 19.5 Å². The van der Waals surface area contributed by atoms with E-state index in [1.54, 1.807) is 6.08 Å². The quantitative estimate of drug-likeness (QED) is 0.590. The summed E-state index contributed by atoms with van der Waals surface area (Å²) in [6.07, 6.45) is 2.51. The van der Waals surface area contributed by atoms with Crippen molar-refractivity contribution in [1.82, 2.24) is 10.6 Å². The van der Waals surface area contributed by atoms with E-state index in [9.17, 15) is 14.4 Å². The Morgan fingerprint density at radius 2 is 1.86 bits per heavy atom. The first-order valence-electron chi connectivity index (χ1n) is 6.96. The maximum absolute atomic E-state index is 11.7. The van der Waals surface area contributed by atoms with E-state index in [-0.39, 0.29) is 25.3 Å². The van der Waals surface area contributed by atoms with Crippen molar-refractivity contribution in [3.8, 4) is 0 Å². The van der Waals surface area contributed by atoms with Gasteiger partial charge in [-0.05, 0) is 18.4 Å². The van der Waals surface area contributed by atoms with Gasteiger partial charge in [0.15, 0.2) is 0 Å². The molecule has 0 aliphatic rings. The van der Waals surface area contributed by atoms with Crippen LogP contribution in [-0.2, 0) is 20.8 Å². The highest BCUT2D eigenvalue weighted by molar-refractivity contribution is 5.88. The molecule has 1 atom stereocenters. The number of carboxylic acid groups (broad SMARTS) is 1. The molecule has 3 N–H and O–H groups in total. The molecule has 0 radical (unpaired) electrons. The highest BCUT2D eigenvalue weighted by Crippen LogP contribution is 2.00. The van der Waals surface area contributed by atoms with Gasteiger partial charge in [-0.3, -0.25) is 9.59 Å². The summed E-state index contributed by atoms with van der Waals surface area (Å²) in [7, 11) is 0. The first-order valence-corrected chi connectivity index (χ1v) is 6.96. The smallest absolute Gasteiger partial charge is 0.326 e. The highest BCUT2D eigenvalue weighted by Gasteiger charge is 2.19. The van der Waals surface area contributed by atoms with E-state index in [1.807, 2.05) is 30.3 Å². The Balaban J connectivity index is 2.36. The molecule has 22 heavy (non-hydrogen) atoms. The van der Waals surface area contributed by atoms with Crippen LogP contribution in [0.5, 0.6) is 0 Å². The van der Waals surface area contributed by atoms with Crippen LogP contribution in [0.2, 0.25) is 0 Å². The second kappa shape index (κ2) is 9.33.